The predicted molar refractivity (Wildman–Crippen MR) is 150 cm³/mol. The molecule has 0 radical (unpaired) electrons. The maximum atomic E-state index is 4.19. The van der Waals surface area contributed by atoms with Gasteiger partial charge in [0.2, 0.25) is 0 Å². The normalized spacial score (nSPS) is 44.0. The average Bonchev–Trinajstić information content (AvgIpc) is 2.90. The largest absolute Gasteiger partial charge is 0.103 e. The van der Waals surface area contributed by atoms with Crippen LogP contribution in [0.4, 0.5) is 0 Å². The minimum atomic E-state index is 0.671. The van der Waals surface area contributed by atoms with Crippen molar-refractivity contribution >= 4 is 0 Å². The highest BCUT2D eigenvalue weighted by Crippen LogP contribution is 2.69. The molecular weight excluding hydrogens is 408 g/mol. The van der Waals surface area contributed by atoms with Gasteiger partial charge in [-0.05, 0) is 136 Å². The zero-order valence-electron chi connectivity index (χ0n) is 23.6. The molecule has 0 bridgehead atoms. The zero-order chi connectivity index (χ0) is 24.0. The average molecular weight is 469 g/mol. The van der Waals surface area contributed by atoms with Gasteiger partial charge in [0.1, 0.15) is 0 Å². The van der Waals surface area contributed by atoms with Gasteiger partial charge >= 0.3 is 0 Å². The van der Waals surface area contributed by atoms with Gasteiger partial charge in [0, 0.05) is 0 Å². The van der Waals surface area contributed by atoms with Gasteiger partial charge in [-0.15, -0.1) is 6.58 Å². The van der Waals surface area contributed by atoms with Crippen LogP contribution in [-0.2, 0) is 0 Å². The molecule has 0 heteroatoms. The topological polar surface area (TPSA) is 0 Å². The zero-order valence-corrected chi connectivity index (χ0v) is 23.6. The highest BCUT2D eigenvalue weighted by Gasteiger charge is 2.59. The van der Waals surface area contributed by atoms with Crippen LogP contribution in [0.1, 0.15) is 156 Å². The molecule has 196 valence electrons. The lowest BCUT2D eigenvalue weighted by Crippen LogP contribution is -2.55. The molecule has 0 amide bonds. The van der Waals surface area contributed by atoms with Crippen LogP contribution in [0.5, 0.6) is 0 Å². The minimum absolute atomic E-state index is 0.671. The van der Waals surface area contributed by atoms with E-state index >= 15 is 0 Å². The van der Waals surface area contributed by atoms with E-state index in [0.717, 1.165) is 35.5 Å². The number of rotatable bonds is 9. The van der Waals surface area contributed by atoms with Gasteiger partial charge in [-0.25, -0.2) is 0 Å². The molecule has 0 spiro atoms. The summed E-state index contributed by atoms with van der Waals surface area (Å²) in [6.07, 6.45) is 34.2. The Bertz CT molecular complexity index is 584. The van der Waals surface area contributed by atoms with E-state index in [1.807, 2.05) is 0 Å². The summed E-state index contributed by atoms with van der Waals surface area (Å²) >= 11 is 0. The van der Waals surface area contributed by atoms with Crippen molar-refractivity contribution in [2.75, 3.05) is 0 Å². The maximum absolute atomic E-state index is 4.19. The Balaban J connectivity index is 1.63. The van der Waals surface area contributed by atoms with Crippen molar-refractivity contribution in [1.29, 1.82) is 0 Å². The number of hydrogen-bond acceptors (Lipinski definition) is 0. The Kier molecular flexibility index (Phi) is 9.71. The fourth-order valence-corrected chi connectivity index (χ4v) is 10.4. The molecule has 34 heavy (non-hydrogen) atoms. The molecule has 0 unspecified atom stereocenters. The molecule has 0 aromatic heterocycles. The van der Waals surface area contributed by atoms with Crippen LogP contribution in [0.3, 0.4) is 0 Å². The van der Waals surface area contributed by atoms with Gasteiger partial charge in [0.25, 0.3) is 0 Å². The lowest BCUT2D eigenvalue weighted by Gasteiger charge is -2.64. The Hall–Kier alpha value is -0.260. The van der Waals surface area contributed by atoms with Crippen molar-refractivity contribution in [3.63, 3.8) is 0 Å². The van der Waals surface area contributed by atoms with Crippen LogP contribution in [-0.4, -0.2) is 0 Å². The Morgan fingerprint density at radius 3 is 1.38 bits per heavy atom. The van der Waals surface area contributed by atoms with E-state index in [2.05, 4.69) is 33.4 Å². The summed E-state index contributed by atoms with van der Waals surface area (Å²) in [6, 6.07) is 0. The standard InChI is InChI=1S/C34H60/c1-5-9-29-13-17-32(18-14-29)34(25-21-30(10-6-2)22-26-34)33(23-19-28(8-4)20-24-33)31-15-11-27(7-3)12-16-31/h7,27-32H,3,5-6,8-26H2,1-2,4H3. The Labute approximate surface area is 214 Å². The fourth-order valence-electron chi connectivity index (χ4n) is 10.4. The van der Waals surface area contributed by atoms with Crippen molar-refractivity contribution in [2.24, 2.45) is 46.3 Å². The molecular formula is C34H60. The first-order valence-electron chi connectivity index (χ1n) is 16.2. The molecule has 4 saturated carbocycles. The van der Waals surface area contributed by atoms with Crippen LogP contribution in [0.15, 0.2) is 12.7 Å². The summed E-state index contributed by atoms with van der Waals surface area (Å²) in [6.45, 7) is 11.5. The lowest BCUT2D eigenvalue weighted by molar-refractivity contribution is -0.148. The Morgan fingerprint density at radius 1 is 0.559 bits per heavy atom. The SMILES string of the molecule is C=CC1CCC(C2(C3(C4CCC(CCC)CC4)CCC(CCC)CC3)CCC(CC)CC2)CC1. The molecule has 4 aliphatic rings. The lowest BCUT2D eigenvalue weighted by atomic mass is 9.40. The number of hydrogen-bond donors (Lipinski definition) is 0. The molecule has 0 N–H and O–H groups in total. The van der Waals surface area contributed by atoms with E-state index in [0.29, 0.717) is 10.8 Å². The molecule has 0 atom stereocenters. The fraction of sp³-hybridized carbons (Fsp3) is 0.941. The second kappa shape index (κ2) is 12.3. The van der Waals surface area contributed by atoms with E-state index in [4.69, 9.17) is 0 Å². The molecule has 0 heterocycles. The van der Waals surface area contributed by atoms with Gasteiger partial charge in [-0.2, -0.15) is 0 Å². The highest BCUT2D eigenvalue weighted by molar-refractivity contribution is 5.09. The molecule has 0 aromatic rings. The van der Waals surface area contributed by atoms with Crippen LogP contribution < -0.4 is 0 Å². The van der Waals surface area contributed by atoms with Crippen LogP contribution >= 0.6 is 0 Å². The molecule has 4 rings (SSSR count). The van der Waals surface area contributed by atoms with Crippen molar-refractivity contribution in [3.05, 3.63) is 12.7 Å². The van der Waals surface area contributed by atoms with Crippen LogP contribution in [0.25, 0.3) is 0 Å². The molecule has 0 saturated heterocycles. The van der Waals surface area contributed by atoms with E-state index in [1.165, 1.54) is 57.8 Å². The second-order valence-corrected chi connectivity index (χ2v) is 13.7. The van der Waals surface area contributed by atoms with Crippen molar-refractivity contribution in [1.82, 2.24) is 0 Å². The summed E-state index contributed by atoms with van der Waals surface area (Å²) < 4.78 is 0. The van der Waals surface area contributed by atoms with Gasteiger partial charge < -0.3 is 0 Å². The smallest absolute Gasteiger partial charge is 0.0210 e. The summed E-state index contributed by atoms with van der Waals surface area (Å²) in [5, 5.41) is 0. The summed E-state index contributed by atoms with van der Waals surface area (Å²) in [5.41, 5.74) is 1.35. The summed E-state index contributed by atoms with van der Waals surface area (Å²) in [7, 11) is 0. The van der Waals surface area contributed by atoms with Gasteiger partial charge in [-0.1, -0.05) is 71.8 Å². The van der Waals surface area contributed by atoms with E-state index in [1.54, 1.807) is 77.0 Å². The highest BCUT2D eigenvalue weighted by atomic mass is 14.6. The second-order valence-electron chi connectivity index (χ2n) is 13.7. The van der Waals surface area contributed by atoms with Crippen molar-refractivity contribution in [3.8, 4) is 0 Å². The van der Waals surface area contributed by atoms with Gasteiger partial charge in [-0.3, -0.25) is 0 Å². The molecule has 4 aliphatic carbocycles. The molecule has 0 nitrogen and oxygen atoms in total. The third kappa shape index (κ3) is 5.37. The van der Waals surface area contributed by atoms with E-state index < -0.39 is 0 Å². The van der Waals surface area contributed by atoms with E-state index in [-0.39, 0.29) is 0 Å². The van der Waals surface area contributed by atoms with Gasteiger partial charge in [0.05, 0.1) is 0 Å². The quantitative estimate of drug-likeness (QED) is 0.295. The first kappa shape index (κ1) is 26.8. The molecule has 4 fully saturated rings. The first-order chi connectivity index (χ1) is 16.6. The maximum Gasteiger partial charge on any atom is -0.0210 e. The van der Waals surface area contributed by atoms with Gasteiger partial charge in [0.15, 0.2) is 0 Å². The molecule has 0 aliphatic heterocycles. The van der Waals surface area contributed by atoms with E-state index in [9.17, 15) is 0 Å². The number of allylic oxidation sites excluding steroid dienone is 1. The summed E-state index contributed by atoms with van der Waals surface area (Å²) in [4.78, 5) is 0. The van der Waals surface area contributed by atoms with Crippen LogP contribution in [0, 0.1) is 46.3 Å². The Morgan fingerprint density at radius 2 is 0.971 bits per heavy atom. The third-order valence-electron chi connectivity index (χ3n) is 12.5. The predicted octanol–water partition coefficient (Wildman–Crippen LogP) is 11.1. The molecule has 0 aromatic carbocycles. The monoisotopic (exact) mass is 468 g/mol. The van der Waals surface area contributed by atoms with Crippen molar-refractivity contribution < 1.29 is 0 Å². The third-order valence-corrected chi connectivity index (χ3v) is 12.5. The van der Waals surface area contributed by atoms with Crippen LogP contribution in [0.2, 0.25) is 0 Å². The summed E-state index contributed by atoms with van der Waals surface area (Å²) in [5.74, 6) is 5.96. The first-order valence-corrected chi connectivity index (χ1v) is 16.2. The minimum Gasteiger partial charge on any atom is -0.103 e. The van der Waals surface area contributed by atoms with Crippen molar-refractivity contribution in [2.45, 2.75) is 156 Å².